The molecular formula is C12H22N2O3. The van der Waals surface area contributed by atoms with Gasteiger partial charge in [-0.05, 0) is 26.7 Å². The van der Waals surface area contributed by atoms with Gasteiger partial charge in [-0.25, -0.2) is 4.79 Å². The van der Waals surface area contributed by atoms with Crippen LogP contribution in [0.1, 0.15) is 26.7 Å². The van der Waals surface area contributed by atoms with E-state index >= 15 is 0 Å². The molecule has 2 saturated heterocycles. The zero-order chi connectivity index (χ0) is 12.3. The van der Waals surface area contributed by atoms with Crippen LogP contribution in [-0.4, -0.2) is 55.5 Å². The number of urea groups is 1. The summed E-state index contributed by atoms with van der Waals surface area (Å²) in [6, 6.07) is 0.00231. The highest BCUT2D eigenvalue weighted by Crippen LogP contribution is 2.12. The Morgan fingerprint density at radius 1 is 1.35 bits per heavy atom. The minimum atomic E-state index is 0.00231. The molecule has 0 radical (unpaired) electrons. The van der Waals surface area contributed by atoms with Crippen molar-refractivity contribution in [2.45, 2.75) is 45.0 Å². The minimum Gasteiger partial charge on any atom is -0.376 e. The number of amides is 2. The van der Waals surface area contributed by atoms with E-state index in [0.29, 0.717) is 19.6 Å². The number of hydrogen-bond donors (Lipinski definition) is 1. The number of rotatable bonds is 2. The lowest BCUT2D eigenvalue weighted by Gasteiger charge is -2.35. The van der Waals surface area contributed by atoms with Crippen molar-refractivity contribution in [3.63, 3.8) is 0 Å². The summed E-state index contributed by atoms with van der Waals surface area (Å²) in [7, 11) is 0. The lowest BCUT2D eigenvalue weighted by Crippen LogP contribution is -2.52. The number of hydrogen-bond acceptors (Lipinski definition) is 3. The zero-order valence-corrected chi connectivity index (χ0v) is 10.6. The highest BCUT2D eigenvalue weighted by molar-refractivity contribution is 5.74. The topological polar surface area (TPSA) is 50.8 Å². The van der Waals surface area contributed by atoms with E-state index in [-0.39, 0.29) is 24.3 Å². The van der Waals surface area contributed by atoms with Gasteiger partial charge in [0.15, 0.2) is 0 Å². The van der Waals surface area contributed by atoms with Crippen molar-refractivity contribution in [3.8, 4) is 0 Å². The predicted octanol–water partition coefficient (Wildman–Crippen LogP) is 0.984. The van der Waals surface area contributed by atoms with Crippen LogP contribution in [-0.2, 0) is 9.47 Å². The average molecular weight is 242 g/mol. The number of carbonyl (C=O) groups excluding carboxylic acids is 1. The van der Waals surface area contributed by atoms with Crippen molar-refractivity contribution in [3.05, 3.63) is 0 Å². The summed E-state index contributed by atoms with van der Waals surface area (Å²) in [6.07, 6.45) is 2.59. The molecule has 2 rings (SSSR count). The van der Waals surface area contributed by atoms with Gasteiger partial charge >= 0.3 is 6.03 Å². The van der Waals surface area contributed by atoms with Crippen LogP contribution in [0.3, 0.4) is 0 Å². The Morgan fingerprint density at radius 2 is 2.06 bits per heavy atom. The van der Waals surface area contributed by atoms with Crippen molar-refractivity contribution in [2.75, 3.05) is 26.2 Å². The molecule has 0 saturated carbocycles. The number of morpholine rings is 1. The third-order valence-corrected chi connectivity index (χ3v) is 3.21. The van der Waals surface area contributed by atoms with E-state index in [9.17, 15) is 4.79 Å². The number of nitrogens with one attached hydrogen (secondary N) is 1. The van der Waals surface area contributed by atoms with Crippen LogP contribution in [0.4, 0.5) is 4.79 Å². The van der Waals surface area contributed by atoms with E-state index in [2.05, 4.69) is 5.32 Å². The monoisotopic (exact) mass is 242 g/mol. The number of nitrogens with zero attached hydrogens (tertiary/aromatic N) is 1. The van der Waals surface area contributed by atoms with Crippen LogP contribution in [0.15, 0.2) is 0 Å². The molecule has 2 amide bonds. The second-order valence-corrected chi connectivity index (χ2v) is 4.98. The quantitative estimate of drug-likeness (QED) is 0.785. The first-order valence-corrected chi connectivity index (χ1v) is 6.45. The van der Waals surface area contributed by atoms with Gasteiger partial charge in [0, 0.05) is 26.2 Å². The van der Waals surface area contributed by atoms with Gasteiger partial charge in [-0.2, -0.15) is 0 Å². The maximum absolute atomic E-state index is 11.9. The molecule has 2 heterocycles. The normalized spacial score (nSPS) is 33.8. The Balaban J connectivity index is 1.74. The van der Waals surface area contributed by atoms with Crippen LogP contribution in [0.25, 0.3) is 0 Å². The summed E-state index contributed by atoms with van der Waals surface area (Å²) in [6.45, 7) is 6.78. The van der Waals surface area contributed by atoms with Gasteiger partial charge < -0.3 is 19.7 Å². The Labute approximate surface area is 102 Å². The van der Waals surface area contributed by atoms with Gasteiger partial charge in [0.1, 0.15) is 0 Å². The molecule has 0 aromatic carbocycles. The zero-order valence-electron chi connectivity index (χ0n) is 10.6. The van der Waals surface area contributed by atoms with Crippen LogP contribution in [0.5, 0.6) is 0 Å². The third-order valence-electron chi connectivity index (χ3n) is 3.21. The Morgan fingerprint density at radius 3 is 2.65 bits per heavy atom. The molecule has 17 heavy (non-hydrogen) atoms. The molecular weight excluding hydrogens is 220 g/mol. The number of carbonyl (C=O) groups is 1. The lowest BCUT2D eigenvalue weighted by atomic mass is 10.2. The standard InChI is InChI=1S/C12H22N2O3/c1-9-7-14(8-10(2)17-9)12(15)13-6-11-4-3-5-16-11/h9-11H,3-8H2,1-2H3,(H,13,15)/t9-,10-,11-/m1/s1. The van der Waals surface area contributed by atoms with Crippen molar-refractivity contribution in [1.29, 1.82) is 0 Å². The summed E-state index contributed by atoms with van der Waals surface area (Å²) in [5.41, 5.74) is 0. The lowest BCUT2D eigenvalue weighted by molar-refractivity contribution is -0.0547. The molecule has 0 aromatic heterocycles. The van der Waals surface area contributed by atoms with E-state index in [4.69, 9.17) is 9.47 Å². The summed E-state index contributed by atoms with van der Waals surface area (Å²) in [5, 5.41) is 2.94. The van der Waals surface area contributed by atoms with Gasteiger partial charge in [0.05, 0.1) is 18.3 Å². The highest BCUT2D eigenvalue weighted by Gasteiger charge is 2.26. The second kappa shape index (κ2) is 5.69. The summed E-state index contributed by atoms with van der Waals surface area (Å²) in [4.78, 5) is 13.8. The number of ether oxygens (including phenoxy) is 2. The second-order valence-electron chi connectivity index (χ2n) is 4.98. The molecule has 98 valence electrons. The first kappa shape index (κ1) is 12.6. The first-order valence-electron chi connectivity index (χ1n) is 6.45. The van der Waals surface area contributed by atoms with Gasteiger partial charge in [-0.15, -0.1) is 0 Å². The maximum atomic E-state index is 11.9. The van der Waals surface area contributed by atoms with Gasteiger partial charge in [-0.1, -0.05) is 0 Å². The average Bonchev–Trinajstić information content (AvgIpc) is 2.77. The van der Waals surface area contributed by atoms with Crippen molar-refractivity contribution in [2.24, 2.45) is 0 Å². The van der Waals surface area contributed by atoms with Gasteiger partial charge in [-0.3, -0.25) is 0 Å². The van der Waals surface area contributed by atoms with Crippen molar-refractivity contribution >= 4 is 6.03 Å². The van der Waals surface area contributed by atoms with Crippen LogP contribution < -0.4 is 5.32 Å². The minimum absolute atomic E-state index is 0.00231. The van der Waals surface area contributed by atoms with Gasteiger partial charge in [0.2, 0.25) is 0 Å². The summed E-state index contributed by atoms with van der Waals surface area (Å²) >= 11 is 0. The highest BCUT2D eigenvalue weighted by atomic mass is 16.5. The molecule has 0 aromatic rings. The fourth-order valence-corrected chi connectivity index (χ4v) is 2.46. The van der Waals surface area contributed by atoms with Crippen LogP contribution in [0, 0.1) is 0 Å². The van der Waals surface area contributed by atoms with E-state index in [1.54, 1.807) is 0 Å². The molecule has 0 spiro atoms. The van der Waals surface area contributed by atoms with E-state index in [1.165, 1.54) is 0 Å². The first-order chi connectivity index (χ1) is 8.15. The smallest absolute Gasteiger partial charge is 0.317 e. The molecule has 2 aliphatic rings. The van der Waals surface area contributed by atoms with Crippen molar-refractivity contribution in [1.82, 2.24) is 10.2 Å². The molecule has 1 N–H and O–H groups in total. The van der Waals surface area contributed by atoms with Gasteiger partial charge in [0.25, 0.3) is 0 Å². The summed E-state index contributed by atoms with van der Waals surface area (Å²) in [5.74, 6) is 0. The Kier molecular flexibility index (Phi) is 4.23. The molecule has 2 fully saturated rings. The molecule has 5 nitrogen and oxygen atoms in total. The largest absolute Gasteiger partial charge is 0.376 e. The van der Waals surface area contributed by atoms with E-state index in [0.717, 1.165) is 19.4 Å². The van der Waals surface area contributed by atoms with Crippen molar-refractivity contribution < 1.29 is 14.3 Å². The molecule has 3 atom stereocenters. The van der Waals surface area contributed by atoms with E-state index in [1.807, 2.05) is 18.7 Å². The molecule has 0 aliphatic carbocycles. The SMILES string of the molecule is C[C@@H]1CN(C(=O)NC[C@H]2CCCO2)C[C@@H](C)O1. The molecule has 0 bridgehead atoms. The molecule has 2 aliphatic heterocycles. The maximum Gasteiger partial charge on any atom is 0.317 e. The van der Waals surface area contributed by atoms with E-state index < -0.39 is 0 Å². The van der Waals surface area contributed by atoms with Crippen LogP contribution >= 0.6 is 0 Å². The molecule has 5 heteroatoms. The Bertz CT molecular complexity index is 256. The third kappa shape index (κ3) is 3.57. The summed E-state index contributed by atoms with van der Waals surface area (Å²) < 4.78 is 11.1. The fourth-order valence-electron chi connectivity index (χ4n) is 2.46. The predicted molar refractivity (Wildman–Crippen MR) is 64.0 cm³/mol. The van der Waals surface area contributed by atoms with Crippen LogP contribution in [0.2, 0.25) is 0 Å². The Hall–Kier alpha value is -0.810. The fraction of sp³-hybridized carbons (Fsp3) is 0.917. The molecule has 0 unspecified atom stereocenters.